The number of hydrogen-bond donors (Lipinski definition) is 1. The second-order valence-corrected chi connectivity index (χ2v) is 3.79. The van der Waals surface area contributed by atoms with Crippen LogP contribution < -0.4 is 0 Å². The van der Waals surface area contributed by atoms with Crippen molar-refractivity contribution in [1.82, 2.24) is 4.90 Å². The molecule has 1 aliphatic carbocycles. The summed E-state index contributed by atoms with van der Waals surface area (Å²) in [6.45, 7) is 2.01. The summed E-state index contributed by atoms with van der Waals surface area (Å²) in [6.07, 6.45) is 2.68. The van der Waals surface area contributed by atoms with E-state index in [1.807, 2.05) is 0 Å². The number of rotatable bonds is 1. The highest BCUT2D eigenvalue weighted by Gasteiger charge is 2.40. The van der Waals surface area contributed by atoms with Crippen molar-refractivity contribution in [2.75, 3.05) is 20.1 Å². The Balaban J connectivity index is 1.95. The van der Waals surface area contributed by atoms with Crippen LogP contribution in [0.1, 0.15) is 12.8 Å². The molecule has 2 atom stereocenters. The fraction of sp³-hybridized carbons (Fsp3) is 1.00. The van der Waals surface area contributed by atoms with Crippen molar-refractivity contribution in [3.8, 4) is 0 Å². The van der Waals surface area contributed by atoms with Crippen molar-refractivity contribution in [2.45, 2.75) is 18.9 Å². The first-order chi connectivity index (χ1) is 4.77. The van der Waals surface area contributed by atoms with Gasteiger partial charge in [0.1, 0.15) is 0 Å². The summed E-state index contributed by atoms with van der Waals surface area (Å²) < 4.78 is 0. The van der Waals surface area contributed by atoms with Crippen LogP contribution in [0.25, 0.3) is 0 Å². The predicted octanol–water partition coefficient (Wildman–Crippen LogP) is 0.319. The van der Waals surface area contributed by atoms with Crippen molar-refractivity contribution in [1.29, 1.82) is 0 Å². The molecular weight excluding hydrogens is 126 g/mol. The Bertz CT molecular complexity index is 133. The summed E-state index contributed by atoms with van der Waals surface area (Å²) in [5.41, 5.74) is 0. The van der Waals surface area contributed by atoms with Crippen molar-refractivity contribution in [3.63, 3.8) is 0 Å². The first kappa shape index (κ1) is 6.62. The lowest BCUT2D eigenvalue weighted by Crippen LogP contribution is -2.19. The van der Waals surface area contributed by atoms with Gasteiger partial charge in [0, 0.05) is 19.0 Å². The molecule has 0 bridgehead atoms. The molecule has 2 heteroatoms. The lowest BCUT2D eigenvalue weighted by molar-refractivity contribution is 0.133. The van der Waals surface area contributed by atoms with Gasteiger partial charge in [-0.05, 0) is 25.8 Å². The highest BCUT2D eigenvalue weighted by molar-refractivity contribution is 4.92. The lowest BCUT2D eigenvalue weighted by Gasteiger charge is -2.10. The normalized spacial score (nSPS) is 42.6. The molecule has 2 aliphatic rings. The van der Waals surface area contributed by atoms with Gasteiger partial charge in [-0.25, -0.2) is 0 Å². The Kier molecular flexibility index (Phi) is 1.46. The standard InChI is InChI=1S/C8H15NO/c1-9-4-7(6-2-3-6)8(10)5-9/h6-8,10H,2-5H2,1H3. The topological polar surface area (TPSA) is 23.5 Å². The third-order valence-electron chi connectivity index (χ3n) is 2.74. The minimum absolute atomic E-state index is 0.0301. The summed E-state index contributed by atoms with van der Waals surface area (Å²) >= 11 is 0. The van der Waals surface area contributed by atoms with E-state index in [1.165, 1.54) is 12.8 Å². The zero-order chi connectivity index (χ0) is 7.14. The zero-order valence-corrected chi connectivity index (χ0v) is 6.45. The fourth-order valence-electron chi connectivity index (χ4n) is 2.00. The highest BCUT2D eigenvalue weighted by atomic mass is 16.3. The minimum atomic E-state index is -0.0301. The molecule has 1 saturated carbocycles. The Morgan fingerprint density at radius 1 is 1.30 bits per heavy atom. The van der Waals surface area contributed by atoms with E-state index in [9.17, 15) is 5.11 Å². The van der Waals surface area contributed by atoms with E-state index < -0.39 is 0 Å². The van der Waals surface area contributed by atoms with Gasteiger partial charge in [-0.2, -0.15) is 0 Å². The molecule has 0 aromatic carbocycles. The van der Waals surface area contributed by atoms with Crippen molar-refractivity contribution < 1.29 is 5.11 Å². The lowest BCUT2D eigenvalue weighted by atomic mass is 10.0. The third kappa shape index (κ3) is 1.06. The molecular formula is C8H15NO. The van der Waals surface area contributed by atoms with E-state index in [1.54, 1.807) is 0 Å². The summed E-state index contributed by atoms with van der Waals surface area (Å²) in [5.74, 6) is 1.46. The molecule has 0 aromatic heterocycles. The van der Waals surface area contributed by atoms with E-state index in [0.29, 0.717) is 5.92 Å². The van der Waals surface area contributed by atoms with E-state index in [4.69, 9.17) is 0 Å². The Morgan fingerprint density at radius 3 is 2.40 bits per heavy atom. The predicted molar refractivity (Wildman–Crippen MR) is 39.7 cm³/mol. The maximum absolute atomic E-state index is 9.53. The van der Waals surface area contributed by atoms with Gasteiger partial charge >= 0.3 is 0 Å². The number of aliphatic hydroxyl groups excluding tert-OH is 1. The van der Waals surface area contributed by atoms with Gasteiger partial charge < -0.3 is 10.0 Å². The molecule has 2 fully saturated rings. The summed E-state index contributed by atoms with van der Waals surface area (Å²) in [4.78, 5) is 2.23. The minimum Gasteiger partial charge on any atom is -0.391 e. The van der Waals surface area contributed by atoms with E-state index in [-0.39, 0.29) is 6.10 Å². The van der Waals surface area contributed by atoms with Gasteiger partial charge in [-0.3, -0.25) is 0 Å². The second-order valence-electron chi connectivity index (χ2n) is 3.79. The molecule has 0 spiro atoms. The first-order valence-electron chi connectivity index (χ1n) is 4.14. The molecule has 2 rings (SSSR count). The van der Waals surface area contributed by atoms with Crippen molar-refractivity contribution in [3.05, 3.63) is 0 Å². The number of β-amino-alcohol motifs (C(OH)–C–C–N with tert-alkyl or cyclic N) is 1. The van der Waals surface area contributed by atoms with E-state index >= 15 is 0 Å². The Labute approximate surface area is 61.8 Å². The number of hydrogen-bond acceptors (Lipinski definition) is 2. The fourth-order valence-corrected chi connectivity index (χ4v) is 2.00. The van der Waals surface area contributed by atoms with Crippen LogP contribution in [0.5, 0.6) is 0 Å². The summed E-state index contributed by atoms with van der Waals surface area (Å²) in [6, 6.07) is 0. The van der Waals surface area contributed by atoms with Gasteiger partial charge in [0.2, 0.25) is 0 Å². The Morgan fingerprint density at radius 2 is 2.00 bits per heavy atom. The van der Waals surface area contributed by atoms with Crippen LogP contribution in [-0.4, -0.2) is 36.2 Å². The van der Waals surface area contributed by atoms with Gasteiger partial charge in [0.05, 0.1) is 6.10 Å². The molecule has 1 aliphatic heterocycles. The van der Waals surface area contributed by atoms with Gasteiger partial charge in [-0.15, -0.1) is 0 Å². The van der Waals surface area contributed by atoms with E-state index in [0.717, 1.165) is 19.0 Å². The number of likely N-dealkylation sites (N-methyl/N-ethyl adjacent to an activating group) is 1. The monoisotopic (exact) mass is 141 g/mol. The molecule has 1 N–H and O–H groups in total. The molecule has 0 aromatic rings. The van der Waals surface area contributed by atoms with Crippen LogP contribution in [0.15, 0.2) is 0 Å². The SMILES string of the molecule is CN1CC(O)C(C2CC2)C1. The van der Waals surface area contributed by atoms with Crippen molar-refractivity contribution >= 4 is 0 Å². The molecule has 0 radical (unpaired) electrons. The third-order valence-corrected chi connectivity index (χ3v) is 2.74. The largest absolute Gasteiger partial charge is 0.391 e. The summed E-state index contributed by atoms with van der Waals surface area (Å²) in [7, 11) is 2.09. The maximum atomic E-state index is 9.53. The Hall–Kier alpha value is -0.0800. The van der Waals surface area contributed by atoms with E-state index in [2.05, 4.69) is 11.9 Å². The average molecular weight is 141 g/mol. The first-order valence-corrected chi connectivity index (χ1v) is 4.14. The number of likely N-dealkylation sites (tertiary alicyclic amines) is 1. The molecule has 58 valence electrons. The molecule has 0 amide bonds. The van der Waals surface area contributed by atoms with Crippen LogP contribution in [0.4, 0.5) is 0 Å². The molecule has 1 saturated heterocycles. The number of aliphatic hydroxyl groups is 1. The van der Waals surface area contributed by atoms with Gasteiger partial charge in [-0.1, -0.05) is 0 Å². The van der Waals surface area contributed by atoms with Crippen molar-refractivity contribution in [2.24, 2.45) is 11.8 Å². The zero-order valence-electron chi connectivity index (χ0n) is 6.45. The molecule has 10 heavy (non-hydrogen) atoms. The van der Waals surface area contributed by atoms with Crippen LogP contribution >= 0.6 is 0 Å². The molecule has 2 nitrogen and oxygen atoms in total. The summed E-state index contributed by atoms with van der Waals surface area (Å²) in [5, 5.41) is 9.53. The van der Waals surface area contributed by atoms with Gasteiger partial charge in [0.15, 0.2) is 0 Å². The smallest absolute Gasteiger partial charge is 0.0709 e. The molecule has 1 heterocycles. The quantitative estimate of drug-likeness (QED) is 0.568. The second kappa shape index (κ2) is 2.21. The molecule has 2 unspecified atom stereocenters. The van der Waals surface area contributed by atoms with Crippen LogP contribution in [-0.2, 0) is 0 Å². The highest BCUT2D eigenvalue weighted by Crippen LogP contribution is 2.40. The number of nitrogens with zero attached hydrogens (tertiary/aromatic N) is 1. The average Bonchev–Trinajstić information content (AvgIpc) is 2.61. The van der Waals surface area contributed by atoms with Crippen LogP contribution in [0.2, 0.25) is 0 Å². The van der Waals surface area contributed by atoms with Gasteiger partial charge in [0.25, 0.3) is 0 Å². The van der Waals surface area contributed by atoms with Crippen LogP contribution in [0, 0.1) is 11.8 Å². The van der Waals surface area contributed by atoms with Crippen LogP contribution in [0.3, 0.4) is 0 Å². The maximum Gasteiger partial charge on any atom is 0.0709 e.